The number of allylic oxidation sites excluding steroid dienone is 1. The van der Waals surface area contributed by atoms with E-state index in [1.54, 1.807) is 20.4 Å². The Morgan fingerprint density at radius 3 is 2.54 bits per heavy atom. The molecule has 0 aromatic heterocycles. The molecule has 1 fully saturated rings. The quantitative estimate of drug-likeness (QED) is 0.150. The van der Waals surface area contributed by atoms with Gasteiger partial charge in [-0.3, -0.25) is 4.90 Å². The maximum atomic E-state index is 12.6. The van der Waals surface area contributed by atoms with Crippen LogP contribution in [0.4, 0.5) is 11.4 Å². The van der Waals surface area contributed by atoms with E-state index in [1.165, 1.54) is 19.0 Å². The minimum Gasteiger partial charge on any atom is -0.494 e. The van der Waals surface area contributed by atoms with E-state index in [9.17, 15) is 4.57 Å². The third-order valence-electron chi connectivity index (χ3n) is 6.11. The normalized spacial score (nSPS) is 15.0. The summed E-state index contributed by atoms with van der Waals surface area (Å²) in [5.74, 6) is 2.10. The summed E-state index contributed by atoms with van der Waals surface area (Å²) in [5.41, 5.74) is 2.97. The molecular weight excluding hydrogens is 507 g/mol. The van der Waals surface area contributed by atoms with Crippen LogP contribution in [0.25, 0.3) is 0 Å². The number of halogens is 1. The number of aliphatic imine (C=N–C) groups is 1. The van der Waals surface area contributed by atoms with Crippen molar-refractivity contribution in [1.82, 2.24) is 4.90 Å². The van der Waals surface area contributed by atoms with Crippen molar-refractivity contribution in [3.8, 4) is 11.5 Å². The smallest absolute Gasteiger partial charge is 0.146 e. The highest BCUT2D eigenvalue weighted by atomic mass is 35.5. The molecule has 1 heterocycles. The first-order valence-electron chi connectivity index (χ1n) is 12.4. The number of ether oxygens (including phenoxy) is 2. The summed E-state index contributed by atoms with van der Waals surface area (Å²) in [6.07, 6.45) is 4.07. The molecule has 1 aliphatic heterocycles. The molecule has 0 atom stereocenters. The molecule has 0 spiro atoms. The van der Waals surface area contributed by atoms with Crippen LogP contribution in [-0.4, -0.2) is 57.4 Å². The van der Waals surface area contributed by atoms with E-state index in [0.717, 1.165) is 41.9 Å². The lowest BCUT2D eigenvalue weighted by Crippen LogP contribution is -2.25. The molecule has 0 amide bonds. The van der Waals surface area contributed by atoms with Crippen molar-refractivity contribution in [2.24, 2.45) is 4.99 Å². The molecule has 200 valence electrons. The second-order valence-corrected chi connectivity index (χ2v) is 13.1. The number of benzene rings is 2. The van der Waals surface area contributed by atoms with Crippen LogP contribution in [0.1, 0.15) is 25.3 Å². The molecule has 3 rings (SSSR count). The highest BCUT2D eigenvalue weighted by Gasteiger charge is 2.16. The number of rotatable bonds is 11. The second kappa shape index (κ2) is 13.2. The predicted octanol–water partition coefficient (Wildman–Crippen LogP) is 6.26. The van der Waals surface area contributed by atoms with Crippen molar-refractivity contribution in [3.63, 3.8) is 0 Å². The first kappa shape index (κ1) is 28.8. The number of hydrogen-bond donors (Lipinski definition) is 2. The van der Waals surface area contributed by atoms with Gasteiger partial charge in [-0.25, -0.2) is 4.99 Å². The molecule has 0 bridgehead atoms. The van der Waals surface area contributed by atoms with Crippen LogP contribution in [0, 0.1) is 6.92 Å². The number of nitrogens with one attached hydrogen (secondary N) is 2. The van der Waals surface area contributed by atoms with Gasteiger partial charge in [-0.1, -0.05) is 30.3 Å². The largest absolute Gasteiger partial charge is 0.494 e. The minimum absolute atomic E-state index is 0.336. The lowest BCUT2D eigenvalue weighted by atomic mass is 10.2. The molecule has 0 aliphatic carbocycles. The molecule has 1 aliphatic rings. The lowest BCUT2D eigenvalue weighted by molar-refractivity contribution is 0.236. The first-order chi connectivity index (χ1) is 17.6. The maximum absolute atomic E-state index is 12.6. The maximum Gasteiger partial charge on any atom is 0.146 e. The van der Waals surface area contributed by atoms with Gasteiger partial charge < -0.3 is 24.7 Å². The summed E-state index contributed by atoms with van der Waals surface area (Å²) in [4.78, 5) is 6.86. The fourth-order valence-corrected chi connectivity index (χ4v) is 5.36. The topological polar surface area (TPSA) is 75.2 Å². The summed E-state index contributed by atoms with van der Waals surface area (Å²) in [5, 5.41) is 7.52. The lowest BCUT2D eigenvalue weighted by Gasteiger charge is -2.18. The molecule has 0 radical (unpaired) electrons. The number of likely N-dealkylation sites (tertiary alicyclic amines) is 1. The molecular formula is C28H38ClN4O3P. The Bertz CT molecular complexity index is 1220. The zero-order chi connectivity index (χ0) is 27.0. The fourth-order valence-electron chi connectivity index (χ4n) is 4.11. The van der Waals surface area contributed by atoms with Gasteiger partial charge in [0.1, 0.15) is 31.1 Å². The first-order valence-corrected chi connectivity index (χ1v) is 15.4. The van der Waals surface area contributed by atoms with Crippen LogP contribution >= 0.6 is 18.7 Å². The molecule has 0 saturated carbocycles. The average Bonchev–Trinajstić information content (AvgIpc) is 3.37. The number of anilines is 2. The highest BCUT2D eigenvalue weighted by Crippen LogP contribution is 2.38. The number of methoxy groups -OCH3 is 1. The number of para-hydroxylation sites is 1. The Balaban J connectivity index is 1.65. The third-order valence-corrected chi connectivity index (χ3v) is 7.98. The van der Waals surface area contributed by atoms with Crippen molar-refractivity contribution in [2.75, 3.05) is 57.3 Å². The molecule has 2 N–H and O–H groups in total. The Morgan fingerprint density at radius 2 is 1.86 bits per heavy atom. The molecule has 9 heteroatoms. The Hall–Kier alpha value is -2.73. The number of nitrogens with zero attached hydrogens (tertiary/aromatic N) is 2. The zero-order valence-corrected chi connectivity index (χ0v) is 24.1. The van der Waals surface area contributed by atoms with Crippen molar-refractivity contribution >= 4 is 41.3 Å². The van der Waals surface area contributed by atoms with Gasteiger partial charge in [0.05, 0.1) is 23.5 Å². The van der Waals surface area contributed by atoms with Gasteiger partial charge in [-0.05, 0) is 76.9 Å². The van der Waals surface area contributed by atoms with Crippen molar-refractivity contribution in [1.29, 1.82) is 0 Å². The van der Waals surface area contributed by atoms with Crippen LogP contribution in [0.3, 0.4) is 0 Å². The van der Waals surface area contributed by atoms with E-state index in [2.05, 4.69) is 27.1 Å². The monoisotopic (exact) mass is 544 g/mol. The summed E-state index contributed by atoms with van der Waals surface area (Å²) >= 11 is 6.45. The molecule has 2 aromatic rings. The SMILES string of the molecule is C=C(Nc1ccccc1P(C)(C)=O)/C(Cl)=C\N=C(C)Nc1cc(C)c(OCCN2CCCC2)cc1OC. The molecule has 37 heavy (non-hydrogen) atoms. The van der Waals surface area contributed by atoms with Crippen molar-refractivity contribution in [3.05, 3.63) is 65.5 Å². The molecule has 0 unspecified atom stereocenters. The van der Waals surface area contributed by atoms with E-state index in [4.69, 9.17) is 21.1 Å². The molecule has 7 nitrogen and oxygen atoms in total. The van der Waals surface area contributed by atoms with E-state index >= 15 is 0 Å². The summed E-state index contributed by atoms with van der Waals surface area (Å²) in [6, 6.07) is 11.3. The van der Waals surface area contributed by atoms with Gasteiger partial charge in [0.2, 0.25) is 0 Å². The average molecular weight is 545 g/mol. The van der Waals surface area contributed by atoms with Crippen LogP contribution in [-0.2, 0) is 4.57 Å². The number of aryl methyl sites for hydroxylation is 1. The van der Waals surface area contributed by atoms with Gasteiger partial charge in [0, 0.05) is 29.8 Å². The van der Waals surface area contributed by atoms with Crippen LogP contribution < -0.4 is 25.4 Å². The Labute approximate surface area is 226 Å². The van der Waals surface area contributed by atoms with E-state index in [1.807, 2.05) is 50.2 Å². The van der Waals surface area contributed by atoms with Gasteiger partial charge in [-0.15, -0.1) is 0 Å². The zero-order valence-electron chi connectivity index (χ0n) is 22.4. The number of amidine groups is 1. The Kier molecular flexibility index (Phi) is 10.3. The minimum atomic E-state index is -2.47. The molecule has 2 aromatic carbocycles. The van der Waals surface area contributed by atoms with Crippen LogP contribution in [0.5, 0.6) is 11.5 Å². The Morgan fingerprint density at radius 1 is 1.16 bits per heavy atom. The summed E-state index contributed by atoms with van der Waals surface area (Å²) in [7, 11) is -0.835. The number of hydrogen-bond acceptors (Lipinski definition) is 6. The van der Waals surface area contributed by atoms with E-state index < -0.39 is 7.14 Å². The van der Waals surface area contributed by atoms with E-state index in [-0.39, 0.29) is 0 Å². The fraction of sp³-hybridized carbons (Fsp3) is 0.393. The van der Waals surface area contributed by atoms with Gasteiger partial charge in [0.15, 0.2) is 0 Å². The van der Waals surface area contributed by atoms with Gasteiger partial charge in [0.25, 0.3) is 0 Å². The van der Waals surface area contributed by atoms with Crippen molar-refractivity contribution < 1.29 is 14.0 Å². The highest BCUT2D eigenvalue weighted by molar-refractivity contribution is 7.70. The molecule has 1 saturated heterocycles. The van der Waals surface area contributed by atoms with E-state index in [0.29, 0.717) is 34.6 Å². The predicted molar refractivity (Wildman–Crippen MR) is 158 cm³/mol. The third kappa shape index (κ3) is 8.39. The standard InChI is InChI=1S/C28H38ClN4O3P/c1-20-17-25(27(35-4)18-26(20)36-16-15-33-13-9-10-14-33)32-22(3)30-19-23(29)21(2)31-24-11-7-8-12-28(24)37(5,6)34/h7-8,11-12,17-19,31H,2,9-10,13-16H2,1,3-6H3,(H,30,32)/b23-19+. The van der Waals surface area contributed by atoms with Gasteiger partial charge in [-0.2, -0.15) is 0 Å². The summed E-state index contributed by atoms with van der Waals surface area (Å²) < 4.78 is 24.3. The van der Waals surface area contributed by atoms with Crippen LogP contribution in [0.15, 0.2) is 64.9 Å². The van der Waals surface area contributed by atoms with Gasteiger partial charge >= 0.3 is 0 Å². The van der Waals surface area contributed by atoms with Crippen LogP contribution in [0.2, 0.25) is 0 Å². The summed E-state index contributed by atoms with van der Waals surface area (Å²) in [6.45, 7) is 15.2. The second-order valence-electron chi connectivity index (χ2n) is 9.50. The van der Waals surface area contributed by atoms with Crippen molar-refractivity contribution in [2.45, 2.75) is 26.7 Å².